The second-order valence-corrected chi connectivity index (χ2v) is 7.52. The average molecular weight is 330 g/mol. The molecule has 0 saturated heterocycles. The van der Waals surface area contributed by atoms with Gasteiger partial charge < -0.3 is 9.63 Å². The van der Waals surface area contributed by atoms with Gasteiger partial charge in [0.15, 0.2) is 0 Å². The van der Waals surface area contributed by atoms with Crippen LogP contribution in [0.25, 0.3) is 0 Å². The van der Waals surface area contributed by atoms with Gasteiger partial charge in [-0.2, -0.15) is 0 Å². The van der Waals surface area contributed by atoms with Gasteiger partial charge in [0.1, 0.15) is 10.7 Å². The third-order valence-corrected chi connectivity index (χ3v) is 6.24. The van der Waals surface area contributed by atoms with E-state index in [9.17, 15) is 13.5 Å². The van der Waals surface area contributed by atoms with Gasteiger partial charge in [-0.05, 0) is 38.6 Å². The summed E-state index contributed by atoms with van der Waals surface area (Å²) in [6.45, 7) is 6.67. The number of aliphatic hydroxyl groups is 1. The Balaban J connectivity index is 2.36. The molecule has 0 aliphatic carbocycles. The van der Waals surface area contributed by atoms with Crippen molar-refractivity contribution in [2.24, 2.45) is 0 Å². The summed E-state index contributed by atoms with van der Waals surface area (Å²) in [6.07, 6.45) is 0. The summed E-state index contributed by atoms with van der Waals surface area (Å²) in [7, 11) is -3.72. The lowest BCUT2D eigenvalue weighted by Gasteiger charge is -2.15. The van der Waals surface area contributed by atoms with Crippen molar-refractivity contribution in [2.45, 2.75) is 45.2 Å². The Morgan fingerprint density at radius 2 is 2.10 bits per heavy atom. The molecule has 21 heavy (non-hydrogen) atoms. The molecule has 2 aromatic heterocycles. The van der Waals surface area contributed by atoms with Crippen LogP contribution in [0.4, 0.5) is 0 Å². The third-order valence-electron chi connectivity index (χ3n) is 3.26. The van der Waals surface area contributed by atoms with Crippen LogP contribution < -0.4 is 4.72 Å². The Hall–Kier alpha value is -1.22. The molecule has 0 aromatic carbocycles. The lowest BCUT2D eigenvalue weighted by molar-refractivity contribution is 0.282. The largest absolute Gasteiger partial charge is 0.391 e. The highest BCUT2D eigenvalue weighted by Gasteiger charge is 2.27. The number of hydrogen-bond donors (Lipinski definition) is 2. The summed E-state index contributed by atoms with van der Waals surface area (Å²) in [4.78, 5) is 0.597. The predicted octanol–water partition coefficient (Wildman–Crippen LogP) is 2.19. The van der Waals surface area contributed by atoms with E-state index >= 15 is 0 Å². The number of aryl methyl sites for hydroxylation is 3. The van der Waals surface area contributed by atoms with E-state index < -0.39 is 16.1 Å². The van der Waals surface area contributed by atoms with E-state index in [2.05, 4.69) is 9.88 Å². The van der Waals surface area contributed by atoms with Crippen molar-refractivity contribution >= 4 is 21.4 Å². The monoisotopic (exact) mass is 330 g/mol. The lowest BCUT2D eigenvalue weighted by atomic mass is 10.1. The van der Waals surface area contributed by atoms with Crippen molar-refractivity contribution in [3.63, 3.8) is 0 Å². The Kier molecular flexibility index (Phi) is 4.52. The minimum absolute atomic E-state index is 0.161. The number of sulfonamides is 1. The Morgan fingerprint density at radius 3 is 2.62 bits per heavy atom. The molecule has 0 radical (unpaired) electrons. The zero-order valence-electron chi connectivity index (χ0n) is 12.3. The van der Waals surface area contributed by atoms with Gasteiger partial charge in [-0.3, -0.25) is 0 Å². The first-order valence-electron chi connectivity index (χ1n) is 6.40. The molecule has 0 aliphatic rings. The predicted molar refractivity (Wildman–Crippen MR) is 79.7 cm³/mol. The molecule has 0 spiro atoms. The Labute approximate surface area is 127 Å². The quantitative estimate of drug-likeness (QED) is 0.876. The molecule has 0 amide bonds. The van der Waals surface area contributed by atoms with E-state index in [0.717, 1.165) is 5.56 Å². The summed E-state index contributed by atoms with van der Waals surface area (Å²) < 4.78 is 32.8. The van der Waals surface area contributed by atoms with Gasteiger partial charge in [0.25, 0.3) is 0 Å². The fourth-order valence-corrected chi connectivity index (χ4v) is 5.29. The first-order valence-corrected chi connectivity index (χ1v) is 8.77. The van der Waals surface area contributed by atoms with Crippen LogP contribution >= 0.6 is 11.3 Å². The topological polar surface area (TPSA) is 92.4 Å². The van der Waals surface area contributed by atoms with E-state index in [1.54, 1.807) is 33.1 Å². The van der Waals surface area contributed by atoms with Crippen LogP contribution in [0, 0.1) is 20.8 Å². The van der Waals surface area contributed by atoms with E-state index in [0.29, 0.717) is 21.9 Å². The first kappa shape index (κ1) is 16.2. The number of aromatic nitrogens is 1. The minimum Gasteiger partial charge on any atom is -0.391 e. The summed E-state index contributed by atoms with van der Waals surface area (Å²) in [5.74, 6) is 0.590. The summed E-state index contributed by atoms with van der Waals surface area (Å²) >= 11 is 1.23. The maximum atomic E-state index is 12.6. The normalized spacial score (nSPS) is 13.6. The summed E-state index contributed by atoms with van der Waals surface area (Å²) in [5.41, 5.74) is 2.02. The second kappa shape index (κ2) is 5.88. The SMILES string of the molecule is Cc1csc(CO)c1S(=O)(=O)NC(C)c1c(C)noc1C. The van der Waals surface area contributed by atoms with E-state index in [1.807, 2.05) is 0 Å². The first-order chi connectivity index (χ1) is 9.77. The number of hydrogen-bond acceptors (Lipinski definition) is 6. The fraction of sp³-hybridized carbons (Fsp3) is 0.462. The second-order valence-electron chi connectivity index (χ2n) is 4.91. The lowest BCUT2D eigenvalue weighted by Crippen LogP contribution is -2.28. The zero-order chi connectivity index (χ0) is 15.8. The fourth-order valence-electron chi connectivity index (χ4n) is 2.42. The molecule has 6 nitrogen and oxygen atoms in total. The van der Waals surface area contributed by atoms with Crippen LogP contribution in [0.2, 0.25) is 0 Å². The van der Waals surface area contributed by atoms with Gasteiger partial charge in [0.2, 0.25) is 10.0 Å². The number of rotatable bonds is 5. The van der Waals surface area contributed by atoms with E-state index in [4.69, 9.17) is 4.52 Å². The van der Waals surface area contributed by atoms with E-state index in [-0.39, 0.29) is 11.5 Å². The molecule has 2 rings (SSSR count). The van der Waals surface area contributed by atoms with Crippen LogP contribution in [0.3, 0.4) is 0 Å². The van der Waals surface area contributed by atoms with Crippen LogP contribution in [0.1, 0.15) is 40.4 Å². The summed E-state index contributed by atoms with van der Waals surface area (Å²) in [5, 5.41) is 14.9. The smallest absolute Gasteiger partial charge is 0.242 e. The molecule has 2 aromatic rings. The number of nitrogens with one attached hydrogen (secondary N) is 1. The van der Waals surface area contributed by atoms with Crippen LogP contribution in [0.15, 0.2) is 14.8 Å². The number of nitrogens with zero attached hydrogens (tertiary/aromatic N) is 1. The molecule has 0 aliphatic heterocycles. The maximum absolute atomic E-state index is 12.6. The van der Waals surface area contributed by atoms with Crippen molar-refractivity contribution in [3.8, 4) is 0 Å². The standard InChI is InChI=1S/C13H18N2O4S2/c1-7-6-20-11(5-16)13(7)21(17,18)15-9(3)12-8(2)14-19-10(12)4/h6,9,15-16H,5H2,1-4H3. The minimum atomic E-state index is -3.72. The molecule has 2 N–H and O–H groups in total. The van der Waals surface area contributed by atoms with Crippen molar-refractivity contribution in [1.82, 2.24) is 9.88 Å². The molecule has 1 unspecified atom stereocenters. The highest BCUT2D eigenvalue weighted by molar-refractivity contribution is 7.89. The van der Waals surface area contributed by atoms with Gasteiger partial charge >= 0.3 is 0 Å². The Morgan fingerprint density at radius 1 is 1.43 bits per heavy atom. The number of aliphatic hydroxyl groups excluding tert-OH is 1. The van der Waals surface area contributed by atoms with Crippen molar-refractivity contribution < 1.29 is 18.0 Å². The van der Waals surface area contributed by atoms with Crippen LogP contribution in [-0.2, 0) is 16.6 Å². The van der Waals surface area contributed by atoms with Crippen LogP contribution in [-0.4, -0.2) is 18.7 Å². The molecule has 0 saturated carbocycles. The Bertz CT molecular complexity index is 727. The van der Waals surface area contributed by atoms with Gasteiger partial charge in [0, 0.05) is 11.6 Å². The maximum Gasteiger partial charge on any atom is 0.242 e. The van der Waals surface area contributed by atoms with Crippen LogP contribution in [0.5, 0.6) is 0 Å². The average Bonchev–Trinajstić information content (AvgIpc) is 2.92. The van der Waals surface area contributed by atoms with Gasteiger partial charge in [-0.25, -0.2) is 13.1 Å². The molecular weight excluding hydrogens is 312 g/mol. The molecular formula is C13H18N2O4S2. The molecule has 0 fully saturated rings. The molecule has 2 heterocycles. The summed E-state index contributed by atoms with van der Waals surface area (Å²) in [6, 6.07) is -0.466. The van der Waals surface area contributed by atoms with Gasteiger partial charge in [-0.15, -0.1) is 11.3 Å². The molecule has 1 atom stereocenters. The highest BCUT2D eigenvalue weighted by Crippen LogP contribution is 2.29. The molecule has 8 heteroatoms. The van der Waals surface area contributed by atoms with Crippen molar-refractivity contribution in [2.75, 3.05) is 0 Å². The van der Waals surface area contributed by atoms with Crippen molar-refractivity contribution in [3.05, 3.63) is 32.8 Å². The van der Waals surface area contributed by atoms with Crippen molar-refractivity contribution in [1.29, 1.82) is 0 Å². The third kappa shape index (κ3) is 3.03. The van der Waals surface area contributed by atoms with Gasteiger partial charge in [0.05, 0.1) is 17.2 Å². The van der Waals surface area contributed by atoms with E-state index in [1.165, 1.54) is 11.3 Å². The van der Waals surface area contributed by atoms with Gasteiger partial charge in [-0.1, -0.05) is 5.16 Å². The zero-order valence-corrected chi connectivity index (χ0v) is 13.9. The highest BCUT2D eigenvalue weighted by atomic mass is 32.2. The molecule has 0 bridgehead atoms. The number of thiophene rings is 1. The molecule has 116 valence electrons.